The van der Waals surface area contributed by atoms with E-state index in [4.69, 9.17) is 0 Å². The molecule has 0 spiro atoms. The van der Waals surface area contributed by atoms with Crippen LogP contribution < -0.4 is 5.32 Å². The average molecular weight is 338 g/mol. The number of benzene rings is 2. The molecule has 2 nitrogen and oxygen atoms in total. The summed E-state index contributed by atoms with van der Waals surface area (Å²) in [5.74, 6) is -0.333. The molecule has 0 aliphatic rings. The minimum absolute atomic E-state index is 0.0915. The van der Waals surface area contributed by atoms with Gasteiger partial charge >= 0.3 is 0 Å². The molecule has 0 saturated heterocycles. The first-order chi connectivity index (χ1) is 9.58. The lowest BCUT2D eigenvalue weighted by molar-refractivity contribution is 0.170. The number of hydrogen-bond acceptors (Lipinski definition) is 2. The Labute approximate surface area is 126 Å². The zero-order valence-corrected chi connectivity index (χ0v) is 12.8. The van der Waals surface area contributed by atoms with Crippen LogP contribution in [0, 0.1) is 5.82 Å². The Morgan fingerprint density at radius 3 is 2.65 bits per heavy atom. The van der Waals surface area contributed by atoms with Gasteiger partial charge in [0, 0.05) is 17.1 Å². The second-order valence-electron chi connectivity index (χ2n) is 4.72. The van der Waals surface area contributed by atoms with Gasteiger partial charge in [0.05, 0.1) is 6.10 Å². The first-order valence-corrected chi connectivity index (χ1v) is 7.28. The standard InChI is InChI=1S/C16H17BrFNO/c1-11(14-7-2-3-8-15(14)17)19-10-16(20)12-5-4-6-13(18)9-12/h2-9,11,16,19-20H,10H2,1H3/t11-,16?/m1/s1. The molecule has 2 rings (SSSR count). The first-order valence-electron chi connectivity index (χ1n) is 6.49. The summed E-state index contributed by atoms with van der Waals surface area (Å²) in [6, 6.07) is 14.1. The Hall–Kier alpha value is -1.23. The second kappa shape index (κ2) is 6.97. The van der Waals surface area contributed by atoms with Crippen LogP contribution in [-0.4, -0.2) is 11.7 Å². The Morgan fingerprint density at radius 1 is 1.20 bits per heavy atom. The van der Waals surface area contributed by atoms with Crippen LogP contribution in [-0.2, 0) is 0 Å². The van der Waals surface area contributed by atoms with Crippen LogP contribution in [0.1, 0.15) is 30.2 Å². The zero-order valence-electron chi connectivity index (χ0n) is 11.2. The Balaban J connectivity index is 1.97. The third-order valence-corrected chi connectivity index (χ3v) is 3.94. The van der Waals surface area contributed by atoms with Crippen molar-refractivity contribution in [1.29, 1.82) is 0 Å². The second-order valence-corrected chi connectivity index (χ2v) is 5.58. The Bertz CT molecular complexity index is 576. The predicted molar refractivity (Wildman–Crippen MR) is 81.9 cm³/mol. The Kier molecular flexibility index (Phi) is 5.29. The van der Waals surface area contributed by atoms with Crippen molar-refractivity contribution >= 4 is 15.9 Å². The molecule has 0 bridgehead atoms. The van der Waals surface area contributed by atoms with Crippen LogP contribution >= 0.6 is 15.9 Å². The van der Waals surface area contributed by atoms with Gasteiger partial charge in [0.15, 0.2) is 0 Å². The van der Waals surface area contributed by atoms with E-state index in [0.717, 1.165) is 10.0 Å². The van der Waals surface area contributed by atoms with E-state index in [2.05, 4.69) is 21.2 Å². The van der Waals surface area contributed by atoms with Crippen molar-refractivity contribution in [3.63, 3.8) is 0 Å². The third kappa shape index (κ3) is 3.88. The largest absolute Gasteiger partial charge is 0.387 e. The van der Waals surface area contributed by atoms with Crippen molar-refractivity contribution in [3.05, 3.63) is 69.9 Å². The minimum Gasteiger partial charge on any atom is -0.387 e. The van der Waals surface area contributed by atoms with E-state index >= 15 is 0 Å². The smallest absolute Gasteiger partial charge is 0.123 e. The summed E-state index contributed by atoms with van der Waals surface area (Å²) in [6.45, 7) is 2.39. The summed E-state index contributed by atoms with van der Waals surface area (Å²) in [5, 5.41) is 13.3. The van der Waals surface area contributed by atoms with Gasteiger partial charge in [-0.2, -0.15) is 0 Å². The summed E-state index contributed by atoms with van der Waals surface area (Å²) in [6.07, 6.45) is -0.726. The van der Waals surface area contributed by atoms with Gasteiger partial charge < -0.3 is 10.4 Å². The maximum Gasteiger partial charge on any atom is 0.123 e. The number of aliphatic hydroxyl groups excluding tert-OH is 1. The van der Waals surface area contributed by atoms with Gasteiger partial charge in [-0.3, -0.25) is 0 Å². The fourth-order valence-corrected chi connectivity index (χ4v) is 2.68. The lowest BCUT2D eigenvalue weighted by Crippen LogP contribution is -2.25. The van der Waals surface area contributed by atoms with Gasteiger partial charge in [-0.05, 0) is 36.2 Å². The van der Waals surface area contributed by atoms with E-state index < -0.39 is 6.10 Å². The monoisotopic (exact) mass is 337 g/mol. The number of halogens is 2. The Morgan fingerprint density at radius 2 is 1.95 bits per heavy atom. The topological polar surface area (TPSA) is 32.3 Å². The van der Waals surface area contributed by atoms with Gasteiger partial charge in [0.2, 0.25) is 0 Å². The highest BCUT2D eigenvalue weighted by atomic mass is 79.9. The molecule has 0 radical (unpaired) electrons. The summed E-state index contributed by atoms with van der Waals surface area (Å²) in [5.41, 5.74) is 1.70. The molecule has 2 atom stereocenters. The van der Waals surface area contributed by atoms with Crippen molar-refractivity contribution in [1.82, 2.24) is 5.32 Å². The van der Waals surface area contributed by atoms with E-state index in [1.54, 1.807) is 12.1 Å². The van der Waals surface area contributed by atoms with Crippen LogP contribution in [0.3, 0.4) is 0 Å². The van der Waals surface area contributed by atoms with E-state index in [1.165, 1.54) is 12.1 Å². The molecule has 106 valence electrons. The van der Waals surface area contributed by atoms with Crippen LogP contribution in [0.5, 0.6) is 0 Å². The molecular formula is C16H17BrFNO. The van der Waals surface area contributed by atoms with E-state index in [9.17, 15) is 9.50 Å². The molecule has 4 heteroatoms. The molecule has 0 aromatic heterocycles. The van der Waals surface area contributed by atoms with Gasteiger partial charge in [-0.25, -0.2) is 4.39 Å². The third-order valence-electron chi connectivity index (χ3n) is 3.22. The average Bonchev–Trinajstić information content (AvgIpc) is 2.45. The molecule has 20 heavy (non-hydrogen) atoms. The summed E-state index contributed by atoms with van der Waals surface area (Å²) < 4.78 is 14.1. The normalized spacial score (nSPS) is 14.0. The van der Waals surface area contributed by atoms with Crippen molar-refractivity contribution in [2.75, 3.05) is 6.54 Å². The van der Waals surface area contributed by atoms with E-state index in [-0.39, 0.29) is 11.9 Å². The summed E-state index contributed by atoms with van der Waals surface area (Å²) in [7, 11) is 0. The van der Waals surface area contributed by atoms with Crippen molar-refractivity contribution < 1.29 is 9.50 Å². The molecule has 0 aliphatic heterocycles. The number of aliphatic hydroxyl groups is 1. The molecule has 2 aromatic carbocycles. The minimum atomic E-state index is -0.726. The van der Waals surface area contributed by atoms with Crippen molar-refractivity contribution in [3.8, 4) is 0 Å². The highest BCUT2D eigenvalue weighted by Crippen LogP contribution is 2.23. The van der Waals surface area contributed by atoms with Crippen LogP contribution in [0.15, 0.2) is 53.0 Å². The summed E-state index contributed by atoms with van der Waals surface area (Å²) >= 11 is 3.51. The molecule has 0 fully saturated rings. The van der Waals surface area contributed by atoms with Gasteiger partial charge in [0.25, 0.3) is 0 Å². The highest BCUT2D eigenvalue weighted by molar-refractivity contribution is 9.10. The van der Waals surface area contributed by atoms with E-state index in [0.29, 0.717) is 12.1 Å². The maximum absolute atomic E-state index is 13.1. The van der Waals surface area contributed by atoms with Crippen LogP contribution in [0.25, 0.3) is 0 Å². The first kappa shape index (κ1) is 15.2. The zero-order chi connectivity index (χ0) is 14.5. The molecular weight excluding hydrogens is 321 g/mol. The molecule has 2 aromatic rings. The molecule has 2 N–H and O–H groups in total. The molecule has 0 amide bonds. The SMILES string of the molecule is C[C@@H](NCC(O)c1cccc(F)c1)c1ccccc1Br. The molecule has 1 unspecified atom stereocenters. The predicted octanol–water partition coefficient (Wildman–Crippen LogP) is 3.97. The molecule has 0 heterocycles. The fraction of sp³-hybridized carbons (Fsp3) is 0.250. The van der Waals surface area contributed by atoms with Crippen molar-refractivity contribution in [2.45, 2.75) is 19.1 Å². The maximum atomic E-state index is 13.1. The van der Waals surface area contributed by atoms with Gasteiger partial charge in [-0.1, -0.05) is 46.3 Å². The summed E-state index contributed by atoms with van der Waals surface area (Å²) in [4.78, 5) is 0. The quantitative estimate of drug-likeness (QED) is 0.865. The van der Waals surface area contributed by atoms with E-state index in [1.807, 2.05) is 31.2 Å². The molecule has 0 aliphatic carbocycles. The molecule has 0 saturated carbocycles. The van der Waals surface area contributed by atoms with Gasteiger partial charge in [0.1, 0.15) is 5.82 Å². The van der Waals surface area contributed by atoms with Crippen LogP contribution in [0.2, 0.25) is 0 Å². The lowest BCUT2D eigenvalue weighted by Gasteiger charge is -2.18. The number of hydrogen-bond donors (Lipinski definition) is 2. The number of nitrogens with one attached hydrogen (secondary N) is 1. The van der Waals surface area contributed by atoms with Crippen molar-refractivity contribution in [2.24, 2.45) is 0 Å². The number of rotatable bonds is 5. The van der Waals surface area contributed by atoms with Crippen LogP contribution in [0.4, 0.5) is 4.39 Å². The highest BCUT2D eigenvalue weighted by Gasteiger charge is 2.12. The van der Waals surface area contributed by atoms with Gasteiger partial charge in [-0.15, -0.1) is 0 Å². The lowest BCUT2D eigenvalue weighted by atomic mass is 10.1. The fourth-order valence-electron chi connectivity index (χ4n) is 2.06.